The SMILES string of the molecule is CC(C)CCCN[C@H](CC(C)C)C(=O)O. The summed E-state index contributed by atoms with van der Waals surface area (Å²) in [6.07, 6.45) is 2.91. The van der Waals surface area contributed by atoms with Crippen molar-refractivity contribution in [3.63, 3.8) is 0 Å². The summed E-state index contributed by atoms with van der Waals surface area (Å²) in [5.74, 6) is 0.386. The Labute approximate surface area is 93.3 Å². The molecule has 0 saturated carbocycles. The molecule has 90 valence electrons. The van der Waals surface area contributed by atoms with Crippen molar-refractivity contribution in [3.05, 3.63) is 0 Å². The van der Waals surface area contributed by atoms with Crippen LogP contribution in [0.2, 0.25) is 0 Å². The highest BCUT2D eigenvalue weighted by atomic mass is 16.4. The molecule has 15 heavy (non-hydrogen) atoms. The summed E-state index contributed by atoms with van der Waals surface area (Å²) >= 11 is 0. The van der Waals surface area contributed by atoms with Gasteiger partial charge in [-0.3, -0.25) is 4.79 Å². The predicted octanol–water partition coefficient (Wildman–Crippen LogP) is 2.51. The molecule has 0 saturated heterocycles. The molecule has 0 aliphatic rings. The molecule has 0 bridgehead atoms. The van der Waals surface area contributed by atoms with Crippen LogP contribution in [0.4, 0.5) is 0 Å². The van der Waals surface area contributed by atoms with Crippen molar-refractivity contribution >= 4 is 5.97 Å². The molecule has 0 amide bonds. The summed E-state index contributed by atoms with van der Waals surface area (Å²) in [6.45, 7) is 9.27. The zero-order valence-electron chi connectivity index (χ0n) is 10.4. The molecule has 3 heteroatoms. The lowest BCUT2D eigenvalue weighted by atomic mass is 10.0. The number of nitrogens with one attached hydrogen (secondary N) is 1. The van der Waals surface area contributed by atoms with Crippen molar-refractivity contribution in [1.29, 1.82) is 0 Å². The smallest absolute Gasteiger partial charge is 0.320 e. The molecule has 0 rings (SSSR count). The van der Waals surface area contributed by atoms with Crippen LogP contribution in [0.3, 0.4) is 0 Å². The van der Waals surface area contributed by atoms with Crippen LogP contribution < -0.4 is 5.32 Å². The van der Waals surface area contributed by atoms with Crippen molar-refractivity contribution < 1.29 is 9.90 Å². The number of carboxylic acid groups (broad SMARTS) is 1. The van der Waals surface area contributed by atoms with Crippen LogP contribution in [0.1, 0.15) is 47.0 Å². The van der Waals surface area contributed by atoms with E-state index in [1.165, 1.54) is 0 Å². The third kappa shape index (κ3) is 8.43. The minimum absolute atomic E-state index is 0.378. The van der Waals surface area contributed by atoms with E-state index in [1.807, 2.05) is 13.8 Å². The Bertz CT molecular complexity index is 178. The molecule has 0 fully saturated rings. The van der Waals surface area contributed by atoms with Gasteiger partial charge in [-0.25, -0.2) is 0 Å². The second-order valence-corrected chi connectivity index (χ2v) is 5.01. The fraction of sp³-hybridized carbons (Fsp3) is 0.917. The molecular weight excluding hydrogens is 190 g/mol. The second kappa shape index (κ2) is 7.69. The van der Waals surface area contributed by atoms with Gasteiger partial charge in [0.15, 0.2) is 0 Å². The van der Waals surface area contributed by atoms with Crippen LogP contribution in [0.25, 0.3) is 0 Å². The number of carbonyl (C=O) groups is 1. The van der Waals surface area contributed by atoms with E-state index in [1.54, 1.807) is 0 Å². The molecule has 0 spiro atoms. The third-order valence-electron chi connectivity index (χ3n) is 2.35. The second-order valence-electron chi connectivity index (χ2n) is 5.01. The van der Waals surface area contributed by atoms with Crippen LogP contribution in [-0.2, 0) is 4.79 Å². The predicted molar refractivity (Wildman–Crippen MR) is 63.0 cm³/mol. The van der Waals surface area contributed by atoms with Gasteiger partial charge in [-0.1, -0.05) is 27.7 Å². The number of rotatable bonds is 8. The maximum Gasteiger partial charge on any atom is 0.320 e. The molecule has 0 aliphatic heterocycles. The van der Waals surface area contributed by atoms with Gasteiger partial charge in [-0.05, 0) is 37.6 Å². The minimum atomic E-state index is -0.728. The third-order valence-corrected chi connectivity index (χ3v) is 2.35. The zero-order valence-corrected chi connectivity index (χ0v) is 10.4. The number of carboxylic acids is 1. The Morgan fingerprint density at radius 2 is 1.80 bits per heavy atom. The summed E-state index contributed by atoms with van der Waals surface area (Å²) in [6, 6.07) is -0.378. The lowest BCUT2D eigenvalue weighted by Gasteiger charge is -2.16. The monoisotopic (exact) mass is 215 g/mol. The van der Waals surface area contributed by atoms with Crippen molar-refractivity contribution in [1.82, 2.24) is 5.32 Å². The van der Waals surface area contributed by atoms with Crippen molar-refractivity contribution in [2.45, 2.75) is 53.0 Å². The van der Waals surface area contributed by atoms with E-state index in [9.17, 15) is 4.79 Å². The van der Waals surface area contributed by atoms with Gasteiger partial charge in [0.05, 0.1) is 0 Å². The van der Waals surface area contributed by atoms with E-state index >= 15 is 0 Å². The first-order chi connectivity index (χ1) is 6.93. The Morgan fingerprint density at radius 3 is 2.20 bits per heavy atom. The molecule has 2 N–H and O–H groups in total. The average molecular weight is 215 g/mol. The lowest BCUT2D eigenvalue weighted by molar-refractivity contribution is -0.139. The Kier molecular flexibility index (Phi) is 7.39. The fourth-order valence-corrected chi connectivity index (χ4v) is 1.53. The van der Waals surface area contributed by atoms with Gasteiger partial charge in [-0.15, -0.1) is 0 Å². The Hall–Kier alpha value is -0.570. The highest BCUT2D eigenvalue weighted by Crippen LogP contribution is 2.06. The van der Waals surface area contributed by atoms with E-state index in [2.05, 4.69) is 19.2 Å². The van der Waals surface area contributed by atoms with Gasteiger partial charge < -0.3 is 10.4 Å². The molecule has 3 nitrogen and oxygen atoms in total. The highest BCUT2D eigenvalue weighted by Gasteiger charge is 2.17. The quantitative estimate of drug-likeness (QED) is 0.612. The van der Waals surface area contributed by atoms with Gasteiger partial charge >= 0.3 is 5.97 Å². The maximum absolute atomic E-state index is 10.9. The van der Waals surface area contributed by atoms with Gasteiger partial charge in [0.25, 0.3) is 0 Å². The number of aliphatic carboxylic acids is 1. The van der Waals surface area contributed by atoms with Crippen molar-refractivity contribution in [2.24, 2.45) is 11.8 Å². The van der Waals surface area contributed by atoms with Gasteiger partial charge in [0.2, 0.25) is 0 Å². The van der Waals surface area contributed by atoms with E-state index in [-0.39, 0.29) is 6.04 Å². The summed E-state index contributed by atoms with van der Waals surface area (Å²) in [4.78, 5) is 10.9. The molecule has 0 aromatic rings. The number of hydrogen-bond donors (Lipinski definition) is 2. The van der Waals surface area contributed by atoms with Gasteiger partial charge in [0, 0.05) is 0 Å². The van der Waals surface area contributed by atoms with E-state index in [0.29, 0.717) is 18.3 Å². The van der Waals surface area contributed by atoms with E-state index in [0.717, 1.165) is 19.4 Å². The van der Waals surface area contributed by atoms with Crippen LogP contribution in [0.5, 0.6) is 0 Å². The number of hydrogen-bond acceptors (Lipinski definition) is 2. The summed E-state index contributed by atoms with van der Waals surface area (Å²) in [5, 5.41) is 12.1. The molecular formula is C12H25NO2. The normalized spacial score (nSPS) is 13.5. The van der Waals surface area contributed by atoms with Crippen LogP contribution in [0.15, 0.2) is 0 Å². The topological polar surface area (TPSA) is 49.3 Å². The van der Waals surface area contributed by atoms with E-state index in [4.69, 9.17) is 5.11 Å². The summed E-state index contributed by atoms with van der Waals surface area (Å²) in [7, 11) is 0. The van der Waals surface area contributed by atoms with Crippen LogP contribution in [-0.4, -0.2) is 23.7 Å². The summed E-state index contributed by atoms with van der Waals surface area (Å²) < 4.78 is 0. The molecule has 0 radical (unpaired) electrons. The first kappa shape index (κ1) is 14.4. The standard InChI is InChI=1S/C12H25NO2/c1-9(2)6-5-7-13-11(12(14)15)8-10(3)4/h9-11,13H,5-8H2,1-4H3,(H,14,15)/t11-/m1/s1. The minimum Gasteiger partial charge on any atom is -0.480 e. The maximum atomic E-state index is 10.9. The van der Waals surface area contributed by atoms with Crippen molar-refractivity contribution in [3.8, 4) is 0 Å². The van der Waals surface area contributed by atoms with Crippen LogP contribution >= 0.6 is 0 Å². The average Bonchev–Trinajstić information content (AvgIpc) is 2.08. The highest BCUT2D eigenvalue weighted by molar-refractivity contribution is 5.73. The molecule has 0 aromatic heterocycles. The summed E-state index contributed by atoms with van der Waals surface area (Å²) in [5.41, 5.74) is 0. The zero-order chi connectivity index (χ0) is 11.8. The Balaban J connectivity index is 3.72. The van der Waals surface area contributed by atoms with Gasteiger partial charge in [0.1, 0.15) is 6.04 Å². The van der Waals surface area contributed by atoms with Crippen molar-refractivity contribution in [2.75, 3.05) is 6.54 Å². The molecule has 1 atom stereocenters. The van der Waals surface area contributed by atoms with Gasteiger partial charge in [-0.2, -0.15) is 0 Å². The fourth-order valence-electron chi connectivity index (χ4n) is 1.53. The molecule has 0 aromatic carbocycles. The molecule has 0 unspecified atom stereocenters. The molecule has 0 heterocycles. The van der Waals surface area contributed by atoms with Crippen LogP contribution in [0, 0.1) is 11.8 Å². The first-order valence-electron chi connectivity index (χ1n) is 5.89. The largest absolute Gasteiger partial charge is 0.480 e. The lowest BCUT2D eigenvalue weighted by Crippen LogP contribution is -2.38. The van der Waals surface area contributed by atoms with E-state index < -0.39 is 5.97 Å². The first-order valence-corrected chi connectivity index (χ1v) is 5.89. The Morgan fingerprint density at radius 1 is 1.20 bits per heavy atom. The molecule has 0 aliphatic carbocycles.